The van der Waals surface area contributed by atoms with Crippen LogP contribution in [0.3, 0.4) is 0 Å². The molecule has 0 aliphatic carbocycles. The van der Waals surface area contributed by atoms with E-state index in [0.29, 0.717) is 12.5 Å². The van der Waals surface area contributed by atoms with Gasteiger partial charge in [0.25, 0.3) is 5.91 Å². The number of H-pyrrole nitrogens is 1. The third-order valence-corrected chi connectivity index (χ3v) is 2.74. The fourth-order valence-corrected chi connectivity index (χ4v) is 1.74. The van der Waals surface area contributed by atoms with Crippen LogP contribution in [0, 0.1) is 23.3 Å². The first-order valence-electron chi connectivity index (χ1n) is 6.12. The number of aromatic nitrogens is 2. The molecule has 4 nitrogen and oxygen atoms in total. The van der Waals surface area contributed by atoms with E-state index >= 15 is 0 Å². The van der Waals surface area contributed by atoms with Crippen molar-refractivity contribution in [2.24, 2.45) is 0 Å². The molecule has 1 aromatic carbocycles. The second-order valence-corrected chi connectivity index (χ2v) is 4.33. The maximum atomic E-state index is 13.5. The quantitative estimate of drug-likeness (QED) is 0.518. The van der Waals surface area contributed by atoms with Crippen LogP contribution in [0.1, 0.15) is 29.4 Å². The lowest BCUT2D eigenvalue weighted by atomic mass is 10.1. The highest BCUT2D eigenvalue weighted by atomic mass is 19.2. The van der Waals surface area contributed by atoms with Crippen molar-refractivity contribution in [1.29, 1.82) is 0 Å². The molecule has 0 aliphatic rings. The van der Waals surface area contributed by atoms with E-state index in [-0.39, 0.29) is 5.82 Å². The number of anilines is 1. The smallest absolute Gasteiger partial charge is 0.260 e. The summed E-state index contributed by atoms with van der Waals surface area (Å²) in [6, 6.07) is 1.80. The van der Waals surface area contributed by atoms with Gasteiger partial charge in [-0.3, -0.25) is 9.89 Å². The molecule has 1 heterocycles. The van der Waals surface area contributed by atoms with Crippen LogP contribution >= 0.6 is 0 Å². The molecule has 1 amide bonds. The van der Waals surface area contributed by atoms with Gasteiger partial charge >= 0.3 is 0 Å². The molecule has 2 N–H and O–H groups in total. The molecule has 0 bridgehead atoms. The van der Waals surface area contributed by atoms with Gasteiger partial charge < -0.3 is 5.32 Å². The Bertz CT molecular complexity index is 684. The Hall–Kier alpha value is -2.38. The van der Waals surface area contributed by atoms with Crippen LogP contribution < -0.4 is 5.32 Å². The number of aryl methyl sites for hydroxylation is 1. The van der Waals surface area contributed by atoms with Crippen molar-refractivity contribution in [3.63, 3.8) is 0 Å². The number of carbonyl (C=O) groups excluding carboxylic acids is 1. The Morgan fingerprint density at radius 3 is 2.57 bits per heavy atom. The number of amides is 1. The molecule has 0 radical (unpaired) electrons. The standard InChI is InChI=1S/C13H11F4N3O/c1-2-3-6-4-9(20-19-6)18-13(21)7-5-8(14)11(16)12(17)10(7)15/h4-5H,2-3H2,1H3,(H2,18,19,20,21). The average Bonchev–Trinajstić information content (AvgIpc) is 2.88. The van der Waals surface area contributed by atoms with E-state index in [1.165, 1.54) is 6.07 Å². The number of aromatic amines is 1. The minimum absolute atomic E-state index is 0.0768. The summed E-state index contributed by atoms with van der Waals surface area (Å²) >= 11 is 0. The van der Waals surface area contributed by atoms with Crippen LogP contribution in [0.25, 0.3) is 0 Å². The lowest BCUT2D eigenvalue weighted by Gasteiger charge is -2.05. The van der Waals surface area contributed by atoms with Gasteiger partial charge in [0.1, 0.15) is 0 Å². The molecule has 2 aromatic rings. The van der Waals surface area contributed by atoms with Gasteiger partial charge in [0.05, 0.1) is 5.56 Å². The minimum atomic E-state index is -2.03. The summed E-state index contributed by atoms with van der Waals surface area (Å²) in [7, 11) is 0. The molecule has 0 atom stereocenters. The summed E-state index contributed by atoms with van der Waals surface area (Å²) in [4.78, 5) is 11.8. The number of hydrogen-bond donors (Lipinski definition) is 2. The number of benzene rings is 1. The number of rotatable bonds is 4. The van der Waals surface area contributed by atoms with E-state index in [1.807, 2.05) is 6.92 Å². The van der Waals surface area contributed by atoms with Crippen LogP contribution in [0.15, 0.2) is 12.1 Å². The first-order valence-corrected chi connectivity index (χ1v) is 6.12. The van der Waals surface area contributed by atoms with Crippen molar-refractivity contribution in [3.8, 4) is 0 Å². The van der Waals surface area contributed by atoms with Gasteiger partial charge in [-0.15, -0.1) is 0 Å². The number of halogens is 4. The lowest BCUT2D eigenvalue weighted by molar-refractivity contribution is 0.102. The van der Waals surface area contributed by atoms with E-state index < -0.39 is 34.7 Å². The van der Waals surface area contributed by atoms with Crippen LogP contribution in [-0.4, -0.2) is 16.1 Å². The van der Waals surface area contributed by atoms with Gasteiger partial charge in [0.15, 0.2) is 29.1 Å². The topological polar surface area (TPSA) is 57.8 Å². The van der Waals surface area contributed by atoms with E-state index in [1.54, 1.807) is 0 Å². The predicted octanol–water partition coefficient (Wildman–Crippen LogP) is 3.17. The van der Waals surface area contributed by atoms with E-state index in [2.05, 4.69) is 15.5 Å². The van der Waals surface area contributed by atoms with Crippen molar-refractivity contribution < 1.29 is 22.4 Å². The van der Waals surface area contributed by atoms with Crippen molar-refractivity contribution >= 4 is 11.7 Å². The number of nitrogens with zero attached hydrogens (tertiary/aromatic N) is 1. The van der Waals surface area contributed by atoms with Gasteiger partial charge in [-0.25, -0.2) is 17.6 Å². The Labute approximate surface area is 117 Å². The minimum Gasteiger partial charge on any atom is -0.305 e. The van der Waals surface area contributed by atoms with Gasteiger partial charge in [0.2, 0.25) is 0 Å². The molecule has 8 heteroatoms. The Balaban J connectivity index is 2.24. The second kappa shape index (κ2) is 5.94. The molecule has 0 fully saturated rings. The molecule has 0 saturated carbocycles. The lowest BCUT2D eigenvalue weighted by Crippen LogP contribution is -2.16. The Kier molecular flexibility index (Phi) is 4.25. The van der Waals surface area contributed by atoms with Crippen molar-refractivity contribution in [2.45, 2.75) is 19.8 Å². The van der Waals surface area contributed by atoms with Gasteiger partial charge in [-0.2, -0.15) is 5.10 Å². The Morgan fingerprint density at radius 1 is 1.19 bits per heavy atom. The molecule has 1 aromatic heterocycles. The average molecular weight is 301 g/mol. The monoisotopic (exact) mass is 301 g/mol. The predicted molar refractivity (Wildman–Crippen MR) is 66.8 cm³/mol. The molecule has 21 heavy (non-hydrogen) atoms. The number of nitrogens with one attached hydrogen (secondary N) is 2. The fourth-order valence-electron chi connectivity index (χ4n) is 1.74. The summed E-state index contributed by atoms with van der Waals surface area (Å²) in [5, 5.41) is 8.57. The molecule has 0 aliphatic heterocycles. The molecule has 0 saturated heterocycles. The van der Waals surface area contributed by atoms with Gasteiger partial charge in [-0.05, 0) is 12.5 Å². The summed E-state index contributed by atoms with van der Waals surface area (Å²) in [5.41, 5.74) is -0.198. The van der Waals surface area contributed by atoms with Crippen LogP contribution in [0.2, 0.25) is 0 Å². The van der Waals surface area contributed by atoms with Crippen LogP contribution in [0.4, 0.5) is 23.4 Å². The third kappa shape index (κ3) is 3.04. The van der Waals surface area contributed by atoms with E-state index in [4.69, 9.17) is 0 Å². The van der Waals surface area contributed by atoms with Crippen molar-refractivity contribution in [1.82, 2.24) is 10.2 Å². The number of carbonyl (C=O) groups is 1. The zero-order valence-corrected chi connectivity index (χ0v) is 10.9. The number of hydrogen-bond acceptors (Lipinski definition) is 2. The maximum Gasteiger partial charge on any atom is 0.260 e. The summed E-state index contributed by atoms with van der Waals surface area (Å²) in [5.74, 6) is -8.45. The Morgan fingerprint density at radius 2 is 1.90 bits per heavy atom. The summed E-state index contributed by atoms with van der Waals surface area (Å²) in [6.45, 7) is 1.94. The van der Waals surface area contributed by atoms with E-state index in [9.17, 15) is 22.4 Å². The molecule has 0 unspecified atom stereocenters. The zero-order valence-electron chi connectivity index (χ0n) is 10.9. The zero-order chi connectivity index (χ0) is 15.6. The van der Waals surface area contributed by atoms with Crippen molar-refractivity contribution in [3.05, 3.63) is 46.7 Å². The SMILES string of the molecule is CCCc1cc(NC(=O)c2cc(F)c(F)c(F)c2F)n[nH]1. The highest BCUT2D eigenvalue weighted by Crippen LogP contribution is 2.19. The molecular weight excluding hydrogens is 290 g/mol. The first-order chi connectivity index (χ1) is 9.93. The molecule has 112 valence electrons. The summed E-state index contributed by atoms with van der Waals surface area (Å²) < 4.78 is 52.4. The third-order valence-electron chi connectivity index (χ3n) is 2.74. The van der Waals surface area contributed by atoms with Gasteiger partial charge in [0, 0.05) is 11.8 Å². The summed E-state index contributed by atoms with van der Waals surface area (Å²) in [6.07, 6.45) is 1.54. The van der Waals surface area contributed by atoms with Crippen LogP contribution in [0.5, 0.6) is 0 Å². The van der Waals surface area contributed by atoms with Crippen LogP contribution in [-0.2, 0) is 6.42 Å². The fraction of sp³-hybridized carbons (Fsp3) is 0.231. The highest BCUT2D eigenvalue weighted by Gasteiger charge is 2.23. The molecule has 2 rings (SSSR count). The second-order valence-electron chi connectivity index (χ2n) is 4.33. The van der Waals surface area contributed by atoms with E-state index in [0.717, 1.165) is 12.1 Å². The highest BCUT2D eigenvalue weighted by molar-refractivity contribution is 6.04. The molecular formula is C13H11F4N3O. The van der Waals surface area contributed by atoms with Crippen molar-refractivity contribution in [2.75, 3.05) is 5.32 Å². The molecule has 0 spiro atoms. The van der Waals surface area contributed by atoms with Gasteiger partial charge in [-0.1, -0.05) is 13.3 Å². The largest absolute Gasteiger partial charge is 0.305 e. The normalized spacial score (nSPS) is 10.7. The maximum absolute atomic E-state index is 13.5. The first kappa shape index (κ1) is 15.0.